The summed E-state index contributed by atoms with van der Waals surface area (Å²) in [4.78, 5) is 9.04. The van der Waals surface area contributed by atoms with Gasteiger partial charge in [-0.05, 0) is 30.7 Å². The summed E-state index contributed by atoms with van der Waals surface area (Å²) in [6.07, 6.45) is 10.4. The lowest BCUT2D eigenvalue weighted by atomic mass is 10.2. The van der Waals surface area contributed by atoms with Crippen LogP contribution < -0.4 is 0 Å². The van der Waals surface area contributed by atoms with E-state index in [2.05, 4.69) is 21.1 Å². The number of hydrogen-bond acceptors (Lipinski definition) is 5. The van der Waals surface area contributed by atoms with Crippen LogP contribution in [0.1, 0.15) is 18.0 Å². The van der Waals surface area contributed by atoms with Crippen molar-refractivity contribution in [3.8, 4) is 23.1 Å². The van der Waals surface area contributed by atoms with E-state index in [4.69, 9.17) is 10.00 Å². The molecule has 4 aromatic rings. The lowest BCUT2D eigenvalue weighted by Gasteiger charge is -2.07. The van der Waals surface area contributed by atoms with Gasteiger partial charge in [-0.15, -0.1) is 0 Å². The molecule has 0 aliphatic carbocycles. The van der Waals surface area contributed by atoms with Crippen LogP contribution in [0, 0.1) is 11.3 Å². The third kappa shape index (κ3) is 2.76. The molecule has 1 aliphatic heterocycles. The van der Waals surface area contributed by atoms with Crippen LogP contribution in [0.25, 0.3) is 28.0 Å². The minimum atomic E-state index is 0.309. The third-order valence-corrected chi connectivity index (χ3v) is 4.89. The fourth-order valence-electron chi connectivity index (χ4n) is 3.40. The molecule has 5 rings (SSSR count). The van der Waals surface area contributed by atoms with Crippen molar-refractivity contribution in [2.45, 2.75) is 12.5 Å². The number of rotatable bonds is 3. The Morgan fingerprint density at radius 3 is 2.78 bits per heavy atom. The van der Waals surface area contributed by atoms with Crippen LogP contribution in [0.3, 0.4) is 0 Å². The number of nitriles is 1. The molecule has 1 aromatic carbocycles. The van der Waals surface area contributed by atoms with Gasteiger partial charge in [0.1, 0.15) is 0 Å². The summed E-state index contributed by atoms with van der Waals surface area (Å²) in [5.41, 5.74) is 3.52. The van der Waals surface area contributed by atoms with Crippen molar-refractivity contribution in [3.05, 3.63) is 60.8 Å². The Kier molecular flexibility index (Phi) is 3.69. The first-order chi connectivity index (χ1) is 13.3. The number of hydrogen-bond donors (Lipinski definition) is 0. The van der Waals surface area contributed by atoms with Gasteiger partial charge in [-0.25, -0.2) is 9.97 Å². The molecule has 132 valence electrons. The van der Waals surface area contributed by atoms with Crippen LogP contribution in [0.5, 0.6) is 0 Å². The molecule has 1 aliphatic rings. The summed E-state index contributed by atoms with van der Waals surface area (Å²) in [6.45, 7) is 1.50. The van der Waals surface area contributed by atoms with Gasteiger partial charge < -0.3 is 4.74 Å². The molecule has 0 radical (unpaired) electrons. The molecule has 1 atom stereocenters. The highest BCUT2D eigenvalue weighted by atomic mass is 16.5. The monoisotopic (exact) mass is 356 g/mol. The standard InChI is InChI=1S/C20H16N6O/c21-8-14-1-2-19-15(7-14)3-5-25(19)20-22-9-16(10-23-20)17-11-24-26(12-17)18-4-6-27-13-18/h1-3,5,7,9-12,18H,4,6,13H2. The highest BCUT2D eigenvalue weighted by Crippen LogP contribution is 2.24. The van der Waals surface area contributed by atoms with Crippen LogP contribution in [0.4, 0.5) is 0 Å². The highest BCUT2D eigenvalue weighted by molar-refractivity contribution is 5.82. The maximum atomic E-state index is 9.04. The average molecular weight is 356 g/mol. The first-order valence-corrected chi connectivity index (χ1v) is 8.78. The maximum absolute atomic E-state index is 9.04. The van der Waals surface area contributed by atoms with Crippen molar-refractivity contribution in [2.24, 2.45) is 0 Å². The van der Waals surface area contributed by atoms with E-state index in [0.29, 0.717) is 24.2 Å². The van der Waals surface area contributed by atoms with E-state index < -0.39 is 0 Å². The molecule has 27 heavy (non-hydrogen) atoms. The number of aromatic nitrogens is 5. The van der Waals surface area contributed by atoms with Gasteiger partial charge in [0.05, 0.1) is 36.0 Å². The molecule has 0 saturated carbocycles. The molecule has 1 unspecified atom stereocenters. The van der Waals surface area contributed by atoms with Gasteiger partial charge in [-0.2, -0.15) is 10.4 Å². The van der Waals surface area contributed by atoms with Gasteiger partial charge in [0.15, 0.2) is 0 Å². The summed E-state index contributed by atoms with van der Waals surface area (Å²) in [5.74, 6) is 0.593. The van der Waals surface area contributed by atoms with E-state index in [1.165, 1.54) is 0 Å². The number of nitrogens with zero attached hydrogens (tertiary/aromatic N) is 6. The Morgan fingerprint density at radius 2 is 2.00 bits per heavy atom. The molecule has 0 N–H and O–H groups in total. The second kappa shape index (κ2) is 6.34. The molecule has 1 saturated heterocycles. The highest BCUT2D eigenvalue weighted by Gasteiger charge is 2.18. The lowest BCUT2D eigenvalue weighted by Crippen LogP contribution is -2.08. The Labute approximate surface area is 155 Å². The first kappa shape index (κ1) is 15.7. The minimum absolute atomic E-state index is 0.309. The molecular weight excluding hydrogens is 340 g/mol. The quantitative estimate of drug-likeness (QED) is 0.563. The molecule has 3 aromatic heterocycles. The predicted octanol–water partition coefficient (Wildman–Crippen LogP) is 3.12. The van der Waals surface area contributed by atoms with Crippen LogP contribution in [0.15, 0.2) is 55.2 Å². The maximum Gasteiger partial charge on any atom is 0.234 e. The SMILES string of the molecule is N#Cc1ccc2c(ccn2-c2ncc(-c3cnn(C4CCOC4)c3)cn2)c1. The Bertz CT molecular complexity index is 1150. The van der Waals surface area contributed by atoms with E-state index >= 15 is 0 Å². The summed E-state index contributed by atoms with van der Waals surface area (Å²) in [6, 6.07) is 10.0. The normalized spacial score (nSPS) is 16.6. The molecular formula is C20H16N6O. The minimum Gasteiger partial charge on any atom is -0.379 e. The summed E-state index contributed by atoms with van der Waals surface area (Å²) >= 11 is 0. The second-order valence-corrected chi connectivity index (χ2v) is 6.57. The molecule has 0 bridgehead atoms. The van der Waals surface area contributed by atoms with E-state index in [9.17, 15) is 0 Å². The Hall–Kier alpha value is -3.50. The average Bonchev–Trinajstić information content (AvgIpc) is 3.47. The Morgan fingerprint density at radius 1 is 1.11 bits per heavy atom. The fourth-order valence-corrected chi connectivity index (χ4v) is 3.40. The number of ether oxygens (including phenoxy) is 1. The summed E-state index contributed by atoms with van der Waals surface area (Å²) in [7, 11) is 0. The van der Waals surface area contributed by atoms with E-state index in [1.807, 2.05) is 58.4 Å². The van der Waals surface area contributed by atoms with Crippen molar-refractivity contribution in [1.82, 2.24) is 24.3 Å². The Balaban J connectivity index is 1.44. The summed E-state index contributed by atoms with van der Waals surface area (Å²) < 4.78 is 9.30. The van der Waals surface area contributed by atoms with Gasteiger partial charge in [0, 0.05) is 47.9 Å². The van der Waals surface area contributed by atoms with Crippen LogP contribution in [-0.4, -0.2) is 37.5 Å². The topological polar surface area (TPSA) is 81.5 Å². The van der Waals surface area contributed by atoms with Gasteiger partial charge in [-0.1, -0.05) is 0 Å². The predicted molar refractivity (Wildman–Crippen MR) is 99.3 cm³/mol. The molecule has 0 amide bonds. The van der Waals surface area contributed by atoms with Crippen LogP contribution in [-0.2, 0) is 4.74 Å². The molecule has 1 fully saturated rings. The zero-order chi connectivity index (χ0) is 18.2. The van der Waals surface area contributed by atoms with Crippen molar-refractivity contribution < 1.29 is 4.74 Å². The van der Waals surface area contributed by atoms with E-state index in [-0.39, 0.29) is 0 Å². The van der Waals surface area contributed by atoms with Crippen LogP contribution in [0.2, 0.25) is 0 Å². The van der Waals surface area contributed by atoms with E-state index in [1.54, 1.807) is 6.07 Å². The van der Waals surface area contributed by atoms with E-state index in [0.717, 1.165) is 35.1 Å². The first-order valence-electron chi connectivity index (χ1n) is 8.78. The number of fused-ring (bicyclic) bond motifs is 1. The largest absolute Gasteiger partial charge is 0.379 e. The van der Waals surface area contributed by atoms with Gasteiger partial charge in [0.25, 0.3) is 0 Å². The smallest absolute Gasteiger partial charge is 0.234 e. The van der Waals surface area contributed by atoms with Gasteiger partial charge >= 0.3 is 0 Å². The van der Waals surface area contributed by atoms with Crippen molar-refractivity contribution in [1.29, 1.82) is 5.26 Å². The van der Waals surface area contributed by atoms with Gasteiger partial charge in [-0.3, -0.25) is 9.25 Å². The zero-order valence-corrected chi connectivity index (χ0v) is 14.5. The molecule has 7 nitrogen and oxygen atoms in total. The molecule has 7 heteroatoms. The van der Waals surface area contributed by atoms with Gasteiger partial charge in [0.2, 0.25) is 5.95 Å². The fraction of sp³-hybridized carbons (Fsp3) is 0.200. The van der Waals surface area contributed by atoms with Crippen molar-refractivity contribution in [2.75, 3.05) is 13.2 Å². The van der Waals surface area contributed by atoms with Crippen molar-refractivity contribution in [3.63, 3.8) is 0 Å². The molecule has 0 spiro atoms. The molecule has 4 heterocycles. The third-order valence-electron chi connectivity index (χ3n) is 4.89. The summed E-state index contributed by atoms with van der Waals surface area (Å²) in [5, 5.41) is 14.5. The van der Waals surface area contributed by atoms with Crippen molar-refractivity contribution >= 4 is 10.9 Å². The lowest BCUT2D eigenvalue weighted by molar-refractivity contribution is 0.184. The number of benzene rings is 1. The van der Waals surface area contributed by atoms with Crippen LogP contribution >= 0.6 is 0 Å². The zero-order valence-electron chi connectivity index (χ0n) is 14.5. The second-order valence-electron chi connectivity index (χ2n) is 6.57.